The molecule has 2 heterocycles. The normalized spacial score (nSPS) is 21.9. The van der Waals surface area contributed by atoms with E-state index in [2.05, 4.69) is 51.2 Å². The Morgan fingerprint density at radius 2 is 2.40 bits per heavy atom. The smallest absolute Gasteiger partial charge is 0.0858 e. The molecule has 1 aromatic heterocycles. The number of hydrogen-bond donors (Lipinski definition) is 1. The molecular weight excluding hydrogens is 318 g/mol. The van der Waals surface area contributed by atoms with Crippen LogP contribution in [0.15, 0.2) is 22.9 Å². The number of pyridine rings is 1. The number of morpholine rings is 1. The van der Waals surface area contributed by atoms with Crippen LogP contribution in [-0.2, 0) is 11.2 Å². The SMILES string of the molecule is CCCNC(Cc1cncc(Br)c1)C1CN(C)CCO1. The molecule has 1 aliphatic rings. The summed E-state index contributed by atoms with van der Waals surface area (Å²) in [5, 5.41) is 3.63. The van der Waals surface area contributed by atoms with E-state index < -0.39 is 0 Å². The molecule has 2 unspecified atom stereocenters. The fourth-order valence-electron chi connectivity index (χ4n) is 2.54. The van der Waals surface area contributed by atoms with Crippen molar-refractivity contribution in [2.75, 3.05) is 33.3 Å². The Balaban J connectivity index is 2.02. The molecule has 1 saturated heterocycles. The van der Waals surface area contributed by atoms with Gasteiger partial charge in [0.15, 0.2) is 0 Å². The molecule has 5 heteroatoms. The van der Waals surface area contributed by atoms with Crippen molar-refractivity contribution in [2.24, 2.45) is 0 Å². The van der Waals surface area contributed by atoms with E-state index in [0.29, 0.717) is 6.04 Å². The van der Waals surface area contributed by atoms with E-state index in [4.69, 9.17) is 4.74 Å². The first-order valence-corrected chi connectivity index (χ1v) is 8.11. The molecule has 0 aromatic carbocycles. The average Bonchev–Trinajstić information content (AvgIpc) is 2.43. The van der Waals surface area contributed by atoms with Gasteiger partial charge < -0.3 is 15.0 Å². The summed E-state index contributed by atoms with van der Waals surface area (Å²) in [4.78, 5) is 6.59. The summed E-state index contributed by atoms with van der Waals surface area (Å²) in [7, 11) is 2.16. The third-order valence-electron chi connectivity index (χ3n) is 3.62. The summed E-state index contributed by atoms with van der Waals surface area (Å²) in [5.41, 5.74) is 1.24. The van der Waals surface area contributed by atoms with Gasteiger partial charge in [-0.2, -0.15) is 0 Å². The zero-order chi connectivity index (χ0) is 14.4. The minimum Gasteiger partial charge on any atom is -0.374 e. The molecule has 20 heavy (non-hydrogen) atoms. The maximum Gasteiger partial charge on any atom is 0.0858 e. The molecular formula is C15H24BrN3O. The number of aromatic nitrogens is 1. The lowest BCUT2D eigenvalue weighted by atomic mass is 10.0. The fourth-order valence-corrected chi connectivity index (χ4v) is 2.95. The number of likely N-dealkylation sites (N-methyl/N-ethyl adjacent to an activating group) is 1. The second-order valence-corrected chi connectivity index (χ2v) is 6.36. The van der Waals surface area contributed by atoms with Crippen LogP contribution in [0.3, 0.4) is 0 Å². The highest BCUT2D eigenvalue weighted by Gasteiger charge is 2.26. The summed E-state index contributed by atoms with van der Waals surface area (Å²) in [6, 6.07) is 2.48. The van der Waals surface area contributed by atoms with Crippen molar-refractivity contribution in [3.63, 3.8) is 0 Å². The lowest BCUT2D eigenvalue weighted by Gasteiger charge is -2.35. The number of rotatable bonds is 6. The van der Waals surface area contributed by atoms with Gasteiger partial charge in [0.2, 0.25) is 0 Å². The Morgan fingerprint density at radius 3 is 3.10 bits per heavy atom. The predicted molar refractivity (Wildman–Crippen MR) is 85.0 cm³/mol. The van der Waals surface area contributed by atoms with Crippen LogP contribution in [0.5, 0.6) is 0 Å². The number of nitrogens with one attached hydrogen (secondary N) is 1. The molecule has 0 amide bonds. The summed E-state index contributed by atoms with van der Waals surface area (Å²) < 4.78 is 7.01. The van der Waals surface area contributed by atoms with Crippen LogP contribution in [0.1, 0.15) is 18.9 Å². The maximum atomic E-state index is 5.97. The average molecular weight is 342 g/mol. The van der Waals surface area contributed by atoms with Crippen LogP contribution in [0.4, 0.5) is 0 Å². The van der Waals surface area contributed by atoms with Crippen molar-refractivity contribution in [1.82, 2.24) is 15.2 Å². The fraction of sp³-hybridized carbons (Fsp3) is 0.667. The molecule has 0 aliphatic carbocycles. The van der Waals surface area contributed by atoms with Crippen molar-refractivity contribution < 1.29 is 4.74 Å². The minimum absolute atomic E-state index is 0.249. The van der Waals surface area contributed by atoms with Crippen molar-refractivity contribution in [2.45, 2.75) is 31.9 Å². The highest BCUT2D eigenvalue weighted by Crippen LogP contribution is 2.15. The minimum atomic E-state index is 0.249. The Bertz CT molecular complexity index is 416. The van der Waals surface area contributed by atoms with Crippen molar-refractivity contribution in [3.05, 3.63) is 28.5 Å². The molecule has 4 nitrogen and oxygen atoms in total. The zero-order valence-electron chi connectivity index (χ0n) is 12.3. The highest BCUT2D eigenvalue weighted by molar-refractivity contribution is 9.10. The second-order valence-electron chi connectivity index (χ2n) is 5.45. The maximum absolute atomic E-state index is 5.97. The van der Waals surface area contributed by atoms with Gasteiger partial charge in [-0.05, 0) is 54.0 Å². The number of hydrogen-bond acceptors (Lipinski definition) is 4. The van der Waals surface area contributed by atoms with Crippen molar-refractivity contribution in [1.29, 1.82) is 0 Å². The highest BCUT2D eigenvalue weighted by atomic mass is 79.9. The molecule has 1 fully saturated rings. The number of halogens is 1. The van der Waals surface area contributed by atoms with Gasteiger partial charge in [-0.1, -0.05) is 6.92 Å². The van der Waals surface area contributed by atoms with Crippen molar-refractivity contribution in [3.8, 4) is 0 Å². The number of ether oxygens (including phenoxy) is 1. The molecule has 1 aromatic rings. The van der Waals surface area contributed by atoms with Gasteiger partial charge in [-0.3, -0.25) is 4.98 Å². The van der Waals surface area contributed by atoms with Gasteiger partial charge in [0.1, 0.15) is 0 Å². The van der Waals surface area contributed by atoms with Crippen LogP contribution >= 0.6 is 15.9 Å². The Kier molecular flexibility index (Phi) is 6.42. The third-order valence-corrected chi connectivity index (χ3v) is 4.05. The second kappa shape index (κ2) is 8.08. The Labute approximate surface area is 130 Å². The molecule has 0 saturated carbocycles. The predicted octanol–water partition coefficient (Wildman–Crippen LogP) is 2.09. The molecule has 0 radical (unpaired) electrons. The molecule has 0 spiro atoms. The van der Waals surface area contributed by atoms with E-state index in [0.717, 1.165) is 43.6 Å². The monoisotopic (exact) mass is 341 g/mol. The van der Waals surface area contributed by atoms with Crippen LogP contribution < -0.4 is 5.32 Å². The first-order valence-electron chi connectivity index (χ1n) is 7.32. The van der Waals surface area contributed by atoms with Gasteiger partial charge in [0, 0.05) is 36.0 Å². The summed E-state index contributed by atoms with van der Waals surface area (Å²) >= 11 is 3.49. The quantitative estimate of drug-likeness (QED) is 0.859. The van der Waals surface area contributed by atoms with Gasteiger partial charge in [0.05, 0.1) is 12.7 Å². The molecule has 0 bridgehead atoms. The Hall–Kier alpha value is -0.490. The van der Waals surface area contributed by atoms with Gasteiger partial charge >= 0.3 is 0 Å². The van der Waals surface area contributed by atoms with E-state index in [1.54, 1.807) is 0 Å². The lowest BCUT2D eigenvalue weighted by molar-refractivity contribution is -0.0383. The van der Waals surface area contributed by atoms with Crippen LogP contribution in [0.2, 0.25) is 0 Å². The zero-order valence-corrected chi connectivity index (χ0v) is 13.9. The summed E-state index contributed by atoms with van der Waals surface area (Å²) in [6.45, 7) is 6.05. The van der Waals surface area contributed by atoms with E-state index in [-0.39, 0.29) is 6.10 Å². The molecule has 2 atom stereocenters. The van der Waals surface area contributed by atoms with E-state index in [1.165, 1.54) is 5.56 Å². The summed E-state index contributed by atoms with van der Waals surface area (Å²) in [6.07, 6.45) is 6.10. The first kappa shape index (κ1) is 15.9. The summed E-state index contributed by atoms with van der Waals surface area (Å²) in [5.74, 6) is 0. The first-order chi connectivity index (χ1) is 9.69. The standard InChI is InChI=1S/C15H24BrN3O/c1-3-4-18-14(15-11-19(2)5-6-20-15)8-12-7-13(16)10-17-9-12/h7,9-10,14-15,18H,3-6,8,11H2,1-2H3. The molecule has 1 N–H and O–H groups in total. The topological polar surface area (TPSA) is 37.4 Å². The van der Waals surface area contributed by atoms with Crippen molar-refractivity contribution >= 4 is 15.9 Å². The number of nitrogens with zero attached hydrogens (tertiary/aromatic N) is 2. The molecule has 1 aliphatic heterocycles. The van der Waals surface area contributed by atoms with Gasteiger partial charge in [-0.25, -0.2) is 0 Å². The molecule has 2 rings (SSSR count). The lowest BCUT2D eigenvalue weighted by Crippen LogP contribution is -2.52. The largest absolute Gasteiger partial charge is 0.374 e. The van der Waals surface area contributed by atoms with E-state index in [9.17, 15) is 0 Å². The van der Waals surface area contributed by atoms with E-state index in [1.807, 2.05) is 12.4 Å². The van der Waals surface area contributed by atoms with Crippen LogP contribution in [0, 0.1) is 0 Å². The van der Waals surface area contributed by atoms with Gasteiger partial charge in [0.25, 0.3) is 0 Å². The Morgan fingerprint density at radius 1 is 1.55 bits per heavy atom. The van der Waals surface area contributed by atoms with Gasteiger partial charge in [-0.15, -0.1) is 0 Å². The molecule has 112 valence electrons. The third kappa shape index (κ3) is 4.81. The van der Waals surface area contributed by atoms with Crippen LogP contribution in [0.25, 0.3) is 0 Å². The van der Waals surface area contributed by atoms with Crippen LogP contribution in [-0.4, -0.2) is 55.3 Å². The van der Waals surface area contributed by atoms with E-state index >= 15 is 0 Å².